The molecule has 4 aromatic rings. The van der Waals surface area contributed by atoms with Gasteiger partial charge in [0.2, 0.25) is 17.7 Å². The van der Waals surface area contributed by atoms with Crippen LogP contribution in [0.1, 0.15) is 97.8 Å². The van der Waals surface area contributed by atoms with Crippen LogP contribution in [0.3, 0.4) is 0 Å². The summed E-state index contributed by atoms with van der Waals surface area (Å²) in [5.41, 5.74) is 7.51. The molecule has 1 unspecified atom stereocenters. The largest absolute Gasteiger partial charge is 0.374 e. The lowest BCUT2D eigenvalue weighted by molar-refractivity contribution is -0.138. The molecule has 8 rings (SSSR count). The molecule has 3 aliphatic heterocycles. The van der Waals surface area contributed by atoms with Gasteiger partial charge in [0.05, 0.1) is 30.4 Å². The van der Waals surface area contributed by atoms with E-state index in [1.165, 1.54) is 21.6 Å². The van der Waals surface area contributed by atoms with Crippen molar-refractivity contribution in [3.05, 3.63) is 65.7 Å². The second-order valence-electron chi connectivity index (χ2n) is 16.5. The highest BCUT2D eigenvalue weighted by molar-refractivity contribution is 6.08. The molecule has 322 valence electrons. The average Bonchev–Trinajstić information content (AvgIpc) is 3.85. The third kappa shape index (κ3) is 9.23. The number of nitrogens with two attached hydrogens (primary N) is 1. The van der Waals surface area contributed by atoms with Gasteiger partial charge < -0.3 is 25.8 Å². The number of rotatable bonds is 10. The average molecular weight is 854 g/mol. The predicted molar refractivity (Wildman–Crippen MR) is 220 cm³/mol. The first-order valence-electron chi connectivity index (χ1n) is 20.5. The van der Waals surface area contributed by atoms with Crippen LogP contribution in [0.25, 0.3) is 5.65 Å². The minimum absolute atomic E-state index is 0. The lowest BCUT2D eigenvalue weighted by atomic mass is 9.84. The van der Waals surface area contributed by atoms with Crippen molar-refractivity contribution in [1.82, 2.24) is 34.6 Å². The summed E-state index contributed by atoms with van der Waals surface area (Å²) < 4.78 is 45.7. The van der Waals surface area contributed by atoms with E-state index in [2.05, 4.69) is 30.7 Å². The van der Waals surface area contributed by atoms with Gasteiger partial charge in [0.15, 0.2) is 11.3 Å². The number of nitrogens with one attached hydrogen (secondary N) is 2. The van der Waals surface area contributed by atoms with Crippen molar-refractivity contribution in [1.29, 1.82) is 0 Å². The number of likely N-dealkylation sites (tertiary alicyclic amines) is 1. The van der Waals surface area contributed by atoms with E-state index in [0.717, 1.165) is 30.6 Å². The van der Waals surface area contributed by atoms with Crippen molar-refractivity contribution in [2.45, 2.75) is 88.4 Å². The van der Waals surface area contributed by atoms with Crippen LogP contribution in [0.5, 0.6) is 0 Å². The summed E-state index contributed by atoms with van der Waals surface area (Å²) in [5, 5.41) is 13.4. The first kappa shape index (κ1) is 42.9. The smallest absolute Gasteiger partial charge is 0.284 e. The Morgan fingerprint density at radius 3 is 2.53 bits per heavy atom. The number of hydrogen-bond donors (Lipinski definition) is 3. The van der Waals surface area contributed by atoms with E-state index < -0.39 is 24.2 Å². The monoisotopic (exact) mass is 853 g/mol. The molecule has 4 fully saturated rings. The number of hydrogen-bond acceptors (Lipinski definition) is 10. The van der Waals surface area contributed by atoms with E-state index in [1.54, 1.807) is 17.2 Å². The number of anilines is 3. The molecule has 0 bridgehead atoms. The van der Waals surface area contributed by atoms with Gasteiger partial charge in [-0.15, -0.1) is 12.4 Å². The molecule has 3 aromatic heterocycles. The fraction of sp³-hybridized carbons (Fsp3) is 0.537. The number of amides is 4. The van der Waals surface area contributed by atoms with Gasteiger partial charge in [-0.2, -0.15) is 10.2 Å². The highest BCUT2D eigenvalue weighted by Crippen LogP contribution is 2.37. The van der Waals surface area contributed by atoms with Crippen molar-refractivity contribution in [2.75, 3.05) is 54.9 Å². The Bertz CT molecular complexity index is 2190. The summed E-state index contributed by atoms with van der Waals surface area (Å²) in [6.07, 6.45) is 5.47. The standard InChI is InChI=1S/C41H50F3N11O4.ClH/c1-51(30-4-2-3-26(17-30)31-9-10-35(56)49-39(31)57)20-24-11-14-52(15-12-24)41(59)25-5-7-29(8-6-25)55-23-33(36(50-55)37(43)44)47-40(58)32-19-46-54-16-13-34(48-38(32)54)53-21-27(42)18-28(45)22-53;/h2-4,13,16-17,19,23-25,27-29,31,37H,5-12,14-15,18,20-22,45H2,1H3,(H,47,58)(H,49,56,57);1H/t25?,27-,28-,29?,31?;/m1./s1. The van der Waals surface area contributed by atoms with Crippen LogP contribution in [-0.4, -0.2) is 105 Å². The van der Waals surface area contributed by atoms with Crippen molar-refractivity contribution in [3.63, 3.8) is 0 Å². The van der Waals surface area contributed by atoms with E-state index >= 15 is 0 Å². The molecular formula is C41H51ClF3N11O4. The molecule has 1 saturated carbocycles. The highest BCUT2D eigenvalue weighted by Gasteiger charge is 2.34. The van der Waals surface area contributed by atoms with Crippen LogP contribution >= 0.6 is 12.4 Å². The number of nitrogens with zero attached hydrogens (tertiary/aromatic N) is 8. The SMILES string of the molecule is CN(CC1CCN(C(=O)C2CCC(n3cc(NC(=O)c4cnn5ccc(N6C[C@H](N)C[C@@H](F)C6)nc45)c(C(F)F)n3)CC2)CC1)c1cccc(C2CCC(=O)NC2=O)c1.Cl. The summed E-state index contributed by atoms with van der Waals surface area (Å²) in [4.78, 5) is 61.6. The molecular weight excluding hydrogens is 803 g/mol. The maximum Gasteiger partial charge on any atom is 0.284 e. The van der Waals surface area contributed by atoms with Gasteiger partial charge in [-0.25, -0.2) is 22.7 Å². The fourth-order valence-electron chi connectivity index (χ4n) is 9.16. The molecule has 4 N–H and O–H groups in total. The Morgan fingerprint density at radius 2 is 1.82 bits per heavy atom. The maximum absolute atomic E-state index is 14.3. The second kappa shape index (κ2) is 18.2. The topological polar surface area (TPSA) is 176 Å². The number of imide groups is 1. The fourth-order valence-corrected chi connectivity index (χ4v) is 9.16. The third-order valence-corrected chi connectivity index (χ3v) is 12.4. The van der Waals surface area contributed by atoms with Gasteiger partial charge in [-0.1, -0.05) is 12.1 Å². The number of piperidine rings is 3. The maximum atomic E-state index is 14.3. The molecule has 6 heterocycles. The Balaban J connectivity index is 0.00000544. The van der Waals surface area contributed by atoms with E-state index in [9.17, 15) is 32.3 Å². The predicted octanol–water partition coefficient (Wildman–Crippen LogP) is 5.04. The van der Waals surface area contributed by atoms with E-state index in [4.69, 9.17) is 5.73 Å². The number of halogens is 4. The summed E-state index contributed by atoms with van der Waals surface area (Å²) in [6, 6.07) is 9.00. The normalized spacial score (nSPS) is 24.0. The van der Waals surface area contributed by atoms with Crippen molar-refractivity contribution in [3.8, 4) is 0 Å². The van der Waals surface area contributed by atoms with Gasteiger partial charge in [0, 0.05) is 69.7 Å². The molecule has 4 amide bonds. The molecule has 1 aromatic carbocycles. The number of aromatic nitrogens is 5. The molecule has 3 saturated heterocycles. The van der Waals surface area contributed by atoms with E-state index in [1.807, 2.05) is 36.2 Å². The van der Waals surface area contributed by atoms with Gasteiger partial charge in [0.1, 0.15) is 17.6 Å². The summed E-state index contributed by atoms with van der Waals surface area (Å²) in [6.45, 7) is 2.67. The molecule has 60 heavy (non-hydrogen) atoms. The summed E-state index contributed by atoms with van der Waals surface area (Å²) in [5.74, 6) is -0.711. The van der Waals surface area contributed by atoms with Crippen LogP contribution < -0.4 is 26.2 Å². The van der Waals surface area contributed by atoms with Gasteiger partial charge in [-0.3, -0.25) is 29.2 Å². The quantitative estimate of drug-likeness (QED) is 0.183. The first-order valence-corrected chi connectivity index (χ1v) is 20.5. The zero-order chi connectivity index (χ0) is 41.4. The first-order chi connectivity index (χ1) is 28.4. The minimum atomic E-state index is -2.94. The van der Waals surface area contributed by atoms with E-state index in [0.29, 0.717) is 69.9 Å². The van der Waals surface area contributed by atoms with Crippen molar-refractivity contribution < 1.29 is 32.3 Å². The van der Waals surface area contributed by atoms with Crippen LogP contribution in [0.4, 0.5) is 30.4 Å². The Labute approximate surface area is 351 Å². The zero-order valence-corrected chi connectivity index (χ0v) is 34.2. The summed E-state index contributed by atoms with van der Waals surface area (Å²) in [7, 11) is 2.03. The Morgan fingerprint density at radius 1 is 1.05 bits per heavy atom. The summed E-state index contributed by atoms with van der Waals surface area (Å²) >= 11 is 0. The number of alkyl halides is 3. The van der Waals surface area contributed by atoms with Crippen LogP contribution in [0.2, 0.25) is 0 Å². The minimum Gasteiger partial charge on any atom is -0.374 e. The molecule has 19 heteroatoms. The Kier molecular flexibility index (Phi) is 13.0. The molecule has 0 radical (unpaired) electrons. The molecule has 1 aliphatic carbocycles. The van der Waals surface area contributed by atoms with Gasteiger partial charge >= 0.3 is 0 Å². The van der Waals surface area contributed by atoms with Crippen LogP contribution in [0.15, 0.2) is 48.9 Å². The van der Waals surface area contributed by atoms with Crippen LogP contribution in [0, 0.1) is 11.8 Å². The molecule has 0 spiro atoms. The molecule has 3 atom stereocenters. The van der Waals surface area contributed by atoms with Crippen molar-refractivity contribution in [2.24, 2.45) is 17.6 Å². The number of benzene rings is 1. The molecule has 15 nitrogen and oxygen atoms in total. The van der Waals surface area contributed by atoms with Gasteiger partial charge in [-0.05, 0) is 81.0 Å². The van der Waals surface area contributed by atoms with Gasteiger partial charge in [0.25, 0.3) is 12.3 Å². The lowest BCUT2D eigenvalue weighted by Gasteiger charge is -2.37. The van der Waals surface area contributed by atoms with E-state index in [-0.39, 0.29) is 83.9 Å². The van der Waals surface area contributed by atoms with Crippen LogP contribution in [-0.2, 0) is 14.4 Å². The Hall–Kier alpha value is -5.23. The number of carbonyl (C=O) groups excluding carboxylic acids is 4. The lowest BCUT2D eigenvalue weighted by Crippen LogP contribution is -2.48. The zero-order valence-electron chi connectivity index (χ0n) is 33.4. The second-order valence-corrected chi connectivity index (χ2v) is 16.5. The third-order valence-electron chi connectivity index (χ3n) is 12.4. The highest BCUT2D eigenvalue weighted by atomic mass is 35.5. The number of carbonyl (C=O) groups is 4. The number of fused-ring (bicyclic) bond motifs is 1. The van der Waals surface area contributed by atoms with Crippen molar-refractivity contribution >= 4 is 58.9 Å². The molecule has 4 aliphatic rings.